The number of fused-ring (bicyclic) bond motifs is 1. The van der Waals surface area contributed by atoms with Crippen LogP contribution in [0.4, 0.5) is 10.3 Å². The minimum atomic E-state index is -0.263. The molecule has 0 spiro atoms. The Balaban J connectivity index is 1.56. The molecule has 7 heteroatoms. The summed E-state index contributed by atoms with van der Waals surface area (Å²) in [5, 5.41) is 4.59. The van der Waals surface area contributed by atoms with Gasteiger partial charge in [0.15, 0.2) is 0 Å². The summed E-state index contributed by atoms with van der Waals surface area (Å²) in [7, 11) is 0. The summed E-state index contributed by atoms with van der Waals surface area (Å²) >= 11 is 6.05. The lowest BCUT2D eigenvalue weighted by Gasteiger charge is -2.08. The first kappa shape index (κ1) is 16.5. The number of hydrogen-bond donors (Lipinski definition) is 2. The summed E-state index contributed by atoms with van der Waals surface area (Å²) in [5.74, 6) is 0.204. The van der Waals surface area contributed by atoms with Gasteiger partial charge in [0, 0.05) is 42.3 Å². The van der Waals surface area contributed by atoms with E-state index < -0.39 is 0 Å². The van der Waals surface area contributed by atoms with Gasteiger partial charge in [-0.3, -0.25) is 0 Å². The molecule has 0 aliphatic heterocycles. The predicted octanol–water partition coefficient (Wildman–Crippen LogP) is 4.35. The SMILES string of the molecule is Fc1ccc(Cc2c[nH]c3ncc(Cl)cc23)cc1CNc1ncccn1. The maximum Gasteiger partial charge on any atom is 0.222 e. The van der Waals surface area contributed by atoms with Crippen LogP contribution in [0.3, 0.4) is 0 Å². The first-order valence-corrected chi connectivity index (χ1v) is 8.46. The van der Waals surface area contributed by atoms with Gasteiger partial charge in [0.05, 0.1) is 5.02 Å². The van der Waals surface area contributed by atoms with Crippen molar-refractivity contribution in [2.24, 2.45) is 0 Å². The molecule has 2 N–H and O–H groups in total. The van der Waals surface area contributed by atoms with Crippen LogP contribution in [0.25, 0.3) is 11.0 Å². The fourth-order valence-electron chi connectivity index (χ4n) is 2.84. The Morgan fingerprint density at radius 2 is 1.92 bits per heavy atom. The Bertz CT molecular complexity index is 1050. The summed E-state index contributed by atoms with van der Waals surface area (Å²) in [6.45, 7) is 0.310. The minimum Gasteiger partial charge on any atom is -0.350 e. The van der Waals surface area contributed by atoms with Gasteiger partial charge in [0.2, 0.25) is 5.95 Å². The number of pyridine rings is 1. The Hall–Kier alpha value is -2.99. The highest BCUT2D eigenvalue weighted by Gasteiger charge is 2.09. The molecule has 0 aliphatic rings. The fraction of sp³-hybridized carbons (Fsp3) is 0.105. The van der Waals surface area contributed by atoms with E-state index in [0.29, 0.717) is 29.5 Å². The van der Waals surface area contributed by atoms with Crippen molar-refractivity contribution >= 4 is 28.6 Å². The second kappa shape index (κ2) is 7.09. The zero-order chi connectivity index (χ0) is 17.9. The topological polar surface area (TPSA) is 66.5 Å². The van der Waals surface area contributed by atoms with Crippen molar-refractivity contribution in [3.8, 4) is 0 Å². The maximum atomic E-state index is 14.1. The van der Waals surface area contributed by atoms with E-state index in [1.807, 2.05) is 18.3 Å². The molecule has 0 unspecified atom stereocenters. The first-order valence-electron chi connectivity index (χ1n) is 8.09. The highest BCUT2D eigenvalue weighted by Crippen LogP contribution is 2.23. The van der Waals surface area contributed by atoms with E-state index in [0.717, 1.165) is 22.2 Å². The molecule has 4 rings (SSSR count). The van der Waals surface area contributed by atoms with E-state index >= 15 is 0 Å². The van der Waals surface area contributed by atoms with Crippen molar-refractivity contribution in [2.75, 3.05) is 5.32 Å². The molecule has 4 aromatic rings. The molecular formula is C19H15ClFN5. The molecule has 0 atom stereocenters. The number of aromatic amines is 1. The molecule has 5 nitrogen and oxygen atoms in total. The van der Waals surface area contributed by atoms with E-state index in [1.54, 1.807) is 30.7 Å². The number of halogens is 2. The van der Waals surface area contributed by atoms with Crippen LogP contribution in [-0.2, 0) is 13.0 Å². The predicted molar refractivity (Wildman–Crippen MR) is 99.7 cm³/mol. The van der Waals surface area contributed by atoms with Crippen molar-refractivity contribution in [1.29, 1.82) is 0 Å². The number of anilines is 1. The molecule has 0 aliphatic carbocycles. The molecule has 0 radical (unpaired) electrons. The second-order valence-electron chi connectivity index (χ2n) is 5.89. The van der Waals surface area contributed by atoms with Gasteiger partial charge in [-0.2, -0.15) is 0 Å². The monoisotopic (exact) mass is 367 g/mol. The van der Waals surface area contributed by atoms with Crippen molar-refractivity contribution < 1.29 is 4.39 Å². The van der Waals surface area contributed by atoms with Gasteiger partial charge in [-0.15, -0.1) is 0 Å². The summed E-state index contributed by atoms with van der Waals surface area (Å²) in [6.07, 6.45) is 7.44. The van der Waals surface area contributed by atoms with Crippen LogP contribution in [0, 0.1) is 5.82 Å². The average Bonchev–Trinajstić information content (AvgIpc) is 3.05. The highest BCUT2D eigenvalue weighted by molar-refractivity contribution is 6.31. The molecule has 0 amide bonds. The number of aromatic nitrogens is 4. The molecule has 26 heavy (non-hydrogen) atoms. The Morgan fingerprint density at radius 1 is 1.08 bits per heavy atom. The van der Waals surface area contributed by atoms with E-state index in [-0.39, 0.29) is 5.82 Å². The maximum absolute atomic E-state index is 14.1. The lowest BCUT2D eigenvalue weighted by atomic mass is 10.0. The van der Waals surface area contributed by atoms with E-state index in [2.05, 4.69) is 25.3 Å². The van der Waals surface area contributed by atoms with E-state index in [9.17, 15) is 4.39 Å². The van der Waals surface area contributed by atoms with Crippen molar-refractivity contribution in [1.82, 2.24) is 19.9 Å². The van der Waals surface area contributed by atoms with Gasteiger partial charge in [-0.05, 0) is 35.7 Å². The van der Waals surface area contributed by atoms with Crippen LogP contribution >= 0.6 is 11.6 Å². The molecule has 1 aromatic carbocycles. The molecule has 3 aromatic heterocycles. The zero-order valence-corrected chi connectivity index (χ0v) is 14.5. The first-order chi connectivity index (χ1) is 12.7. The minimum absolute atomic E-state index is 0.263. The number of nitrogens with one attached hydrogen (secondary N) is 2. The Morgan fingerprint density at radius 3 is 2.77 bits per heavy atom. The average molecular weight is 368 g/mol. The normalized spacial score (nSPS) is 11.0. The summed E-state index contributed by atoms with van der Waals surface area (Å²) in [6, 6.07) is 8.73. The number of nitrogens with zero attached hydrogens (tertiary/aromatic N) is 3. The third-order valence-corrected chi connectivity index (χ3v) is 4.30. The van der Waals surface area contributed by atoms with Gasteiger partial charge in [-0.25, -0.2) is 19.3 Å². The van der Waals surface area contributed by atoms with Crippen LogP contribution in [0.5, 0.6) is 0 Å². The molecule has 0 saturated heterocycles. The van der Waals surface area contributed by atoms with E-state index in [1.165, 1.54) is 6.07 Å². The van der Waals surface area contributed by atoms with Gasteiger partial charge in [-0.1, -0.05) is 23.7 Å². The zero-order valence-electron chi connectivity index (χ0n) is 13.7. The fourth-order valence-corrected chi connectivity index (χ4v) is 2.99. The summed E-state index contributed by atoms with van der Waals surface area (Å²) in [4.78, 5) is 15.6. The van der Waals surface area contributed by atoms with Crippen molar-refractivity contribution in [3.63, 3.8) is 0 Å². The van der Waals surface area contributed by atoms with Crippen molar-refractivity contribution in [3.05, 3.63) is 82.6 Å². The van der Waals surface area contributed by atoms with Gasteiger partial charge < -0.3 is 10.3 Å². The van der Waals surface area contributed by atoms with Crippen LogP contribution in [-0.4, -0.2) is 19.9 Å². The lowest BCUT2D eigenvalue weighted by Crippen LogP contribution is -2.05. The van der Waals surface area contributed by atoms with Gasteiger partial charge >= 0.3 is 0 Å². The number of H-pyrrole nitrogens is 1. The van der Waals surface area contributed by atoms with E-state index in [4.69, 9.17) is 11.6 Å². The van der Waals surface area contributed by atoms with Gasteiger partial charge in [0.1, 0.15) is 11.5 Å². The molecular weight excluding hydrogens is 353 g/mol. The summed E-state index contributed by atoms with van der Waals surface area (Å²) in [5.41, 5.74) is 3.41. The van der Waals surface area contributed by atoms with Crippen molar-refractivity contribution in [2.45, 2.75) is 13.0 Å². The Kier molecular flexibility index (Phi) is 4.50. The van der Waals surface area contributed by atoms with Crippen LogP contribution in [0.2, 0.25) is 5.02 Å². The van der Waals surface area contributed by atoms with Crippen LogP contribution in [0.15, 0.2) is 55.1 Å². The van der Waals surface area contributed by atoms with Crippen LogP contribution < -0.4 is 5.32 Å². The molecule has 0 saturated carbocycles. The standard InChI is InChI=1S/C19H15ClFN5/c20-15-8-16-13(9-24-18(16)25-11-15)6-12-2-3-17(21)14(7-12)10-26-19-22-4-1-5-23-19/h1-5,7-9,11H,6,10H2,(H,24,25)(H,22,23,26). The number of rotatable bonds is 5. The van der Waals surface area contributed by atoms with Crippen LogP contribution in [0.1, 0.15) is 16.7 Å². The largest absolute Gasteiger partial charge is 0.350 e. The molecule has 0 fully saturated rings. The Labute approximate surface area is 154 Å². The third kappa shape index (κ3) is 3.50. The quantitative estimate of drug-likeness (QED) is 0.550. The molecule has 3 heterocycles. The smallest absolute Gasteiger partial charge is 0.222 e. The van der Waals surface area contributed by atoms with Gasteiger partial charge in [0.25, 0.3) is 0 Å². The highest BCUT2D eigenvalue weighted by atomic mass is 35.5. The summed E-state index contributed by atoms with van der Waals surface area (Å²) < 4.78 is 14.1. The number of benzene rings is 1. The second-order valence-corrected chi connectivity index (χ2v) is 6.33. The number of hydrogen-bond acceptors (Lipinski definition) is 4. The lowest BCUT2D eigenvalue weighted by molar-refractivity contribution is 0.612. The third-order valence-electron chi connectivity index (χ3n) is 4.09. The molecule has 0 bridgehead atoms. The molecule has 130 valence electrons.